The molecule has 0 saturated carbocycles. The van der Waals surface area contributed by atoms with Crippen LogP contribution in [-0.4, -0.2) is 41.6 Å². The standard InChI is InChI=1S/C15H23N3O2/c1-10-9-18(5-6-20-10)14(19)11-7-12(15(2,3)4)17-13(16)8-11/h7-8,10H,5-6,9H2,1-4H3,(H2,16,17). The van der Waals surface area contributed by atoms with Crippen molar-refractivity contribution in [2.24, 2.45) is 0 Å². The van der Waals surface area contributed by atoms with Crippen LogP contribution in [0.1, 0.15) is 43.7 Å². The molecule has 0 spiro atoms. The van der Waals surface area contributed by atoms with Gasteiger partial charge in [0, 0.05) is 29.8 Å². The van der Waals surface area contributed by atoms with Crippen molar-refractivity contribution in [1.29, 1.82) is 0 Å². The quantitative estimate of drug-likeness (QED) is 0.850. The summed E-state index contributed by atoms with van der Waals surface area (Å²) < 4.78 is 5.46. The van der Waals surface area contributed by atoms with Crippen LogP contribution in [0.15, 0.2) is 12.1 Å². The molecule has 0 radical (unpaired) electrons. The Morgan fingerprint density at radius 2 is 2.15 bits per heavy atom. The molecule has 2 rings (SSSR count). The van der Waals surface area contributed by atoms with Crippen LogP contribution in [0, 0.1) is 0 Å². The maximum atomic E-state index is 12.6. The molecular weight excluding hydrogens is 254 g/mol. The van der Waals surface area contributed by atoms with Gasteiger partial charge in [0.1, 0.15) is 5.82 Å². The highest BCUT2D eigenvalue weighted by atomic mass is 16.5. The molecule has 5 heteroatoms. The van der Waals surface area contributed by atoms with Crippen molar-refractivity contribution in [2.45, 2.75) is 39.2 Å². The minimum atomic E-state index is -0.136. The van der Waals surface area contributed by atoms with Gasteiger partial charge in [0.2, 0.25) is 0 Å². The third-order valence-electron chi connectivity index (χ3n) is 3.39. The molecule has 0 bridgehead atoms. The third kappa shape index (κ3) is 3.28. The monoisotopic (exact) mass is 277 g/mol. The van der Waals surface area contributed by atoms with Crippen LogP contribution in [0.4, 0.5) is 5.82 Å². The molecule has 1 unspecified atom stereocenters. The Balaban J connectivity index is 2.28. The first-order valence-electron chi connectivity index (χ1n) is 6.96. The van der Waals surface area contributed by atoms with Gasteiger partial charge in [0.05, 0.1) is 12.7 Å². The van der Waals surface area contributed by atoms with E-state index >= 15 is 0 Å². The normalized spacial score (nSPS) is 20.0. The number of aromatic nitrogens is 1. The van der Waals surface area contributed by atoms with Crippen molar-refractivity contribution in [3.05, 3.63) is 23.4 Å². The van der Waals surface area contributed by atoms with Crippen molar-refractivity contribution in [3.8, 4) is 0 Å². The molecule has 1 aliphatic heterocycles. The van der Waals surface area contributed by atoms with E-state index in [1.165, 1.54) is 0 Å². The Hall–Kier alpha value is -1.62. The van der Waals surface area contributed by atoms with Gasteiger partial charge in [-0.15, -0.1) is 0 Å². The molecule has 1 amide bonds. The molecule has 2 heterocycles. The van der Waals surface area contributed by atoms with Crippen LogP contribution in [-0.2, 0) is 10.2 Å². The van der Waals surface area contributed by atoms with E-state index in [-0.39, 0.29) is 17.4 Å². The molecule has 1 saturated heterocycles. The molecule has 110 valence electrons. The number of hydrogen-bond donors (Lipinski definition) is 1. The second-order valence-electron chi connectivity index (χ2n) is 6.35. The second kappa shape index (κ2) is 5.40. The summed E-state index contributed by atoms with van der Waals surface area (Å²) >= 11 is 0. The van der Waals surface area contributed by atoms with Crippen LogP contribution in [0.5, 0.6) is 0 Å². The zero-order valence-corrected chi connectivity index (χ0v) is 12.6. The average molecular weight is 277 g/mol. The van der Waals surface area contributed by atoms with Gasteiger partial charge in [-0.05, 0) is 19.1 Å². The van der Waals surface area contributed by atoms with Crippen molar-refractivity contribution < 1.29 is 9.53 Å². The average Bonchev–Trinajstić information content (AvgIpc) is 2.36. The number of morpholine rings is 1. The Labute approximate surface area is 120 Å². The maximum absolute atomic E-state index is 12.6. The smallest absolute Gasteiger partial charge is 0.254 e. The number of carbonyl (C=O) groups excluding carboxylic acids is 1. The molecule has 0 aliphatic carbocycles. The number of carbonyl (C=O) groups is 1. The lowest BCUT2D eigenvalue weighted by Crippen LogP contribution is -2.44. The fourth-order valence-corrected chi connectivity index (χ4v) is 2.25. The number of nitrogens with two attached hydrogens (primary N) is 1. The van der Waals surface area contributed by atoms with Gasteiger partial charge in [-0.25, -0.2) is 4.98 Å². The largest absolute Gasteiger partial charge is 0.384 e. The van der Waals surface area contributed by atoms with E-state index in [0.717, 1.165) is 5.69 Å². The topological polar surface area (TPSA) is 68.5 Å². The number of nitrogen functional groups attached to an aromatic ring is 1. The molecule has 1 aromatic rings. The molecule has 5 nitrogen and oxygen atoms in total. The van der Waals surface area contributed by atoms with E-state index in [1.54, 1.807) is 6.07 Å². The summed E-state index contributed by atoms with van der Waals surface area (Å²) in [6.07, 6.45) is 0.0778. The summed E-state index contributed by atoms with van der Waals surface area (Å²) in [5.74, 6) is 0.391. The fraction of sp³-hybridized carbons (Fsp3) is 0.600. The number of amides is 1. The number of anilines is 1. The number of pyridine rings is 1. The van der Waals surface area contributed by atoms with E-state index in [4.69, 9.17) is 10.5 Å². The van der Waals surface area contributed by atoms with Crippen molar-refractivity contribution in [2.75, 3.05) is 25.4 Å². The Morgan fingerprint density at radius 3 is 2.75 bits per heavy atom. The molecule has 2 N–H and O–H groups in total. The highest BCUT2D eigenvalue weighted by Crippen LogP contribution is 2.23. The Bertz CT molecular complexity index is 508. The Morgan fingerprint density at radius 1 is 1.45 bits per heavy atom. The predicted molar refractivity (Wildman–Crippen MR) is 78.7 cm³/mol. The third-order valence-corrected chi connectivity index (χ3v) is 3.39. The first-order chi connectivity index (χ1) is 9.27. The summed E-state index contributed by atoms with van der Waals surface area (Å²) in [6, 6.07) is 3.50. The van der Waals surface area contributed by atoms with E-state index in [2.05, 4.69) is 25.8 Å². The zero-order valence-electron chi connectivity index (χ0n) is 12.6. The van der Waals surface area contributed by atoms with Gasteiger partial charge in [-0.2, -0.15) is 0 Å². The van der Waals surface area contributed by atoms with Crippen LogP contribution < -0.4 is 5.73 Å². The molecule has 1 fully saturated rings. The second-order valence-corrected chi connectivity index (χ2v) is 6.35. The number of nitrogens with zero attached hydrogens (tertiary/aromatic N) is 2. The van der Waals surface area contributed by atoms with E-state index in [9.17, 15) is 4.79 Å². The first kappa shape index (κ1) is 14.8. The molecule has 1 aromatic heterocycles. The van der Waals surface area contributed by atoms with Gasteiger partial charge in [-0.1, -0.05) is 20.8 Å². The summed E-state index contributed by atoms with van der Waals surface area (Å²) in [6.45, 7) is 9.96. The zero-order chi connectivity index (χ0) is 14.9. The molecule has 1 atom stereocenters. The molecule has 0 aromatic carbocycles. The van der Waals surface area contributed by atoms with E-state index in [1.807, 2.05) is 17.9 Å². The van der Waals surface area contributed by atoms with Gasteiger partial charge >= 0.3 is 0 Å². The van der Waals surface area contributed by atoms with E-state index in [0.29, 0.717) is 31.1 Å². The SMILES string of the molecule is CC1CN(C(=O)c2cc(N)nc(C(C)(C)C)c2)CCO1. The summed E-state index contributed by atoms with van der Waals surface area (Å²) in [5.41, 5.74) is 7.15. The number of ether oxygens (including phenoxy) is 1. The van der Waals surface area contributed by atoms with Crippen LogP contribution >= 0.6 is 0 Å². The first-order valence-corrected chi connectivity index (χ1v) is 6.96. The lowest BCUT2D eigenvalue weighted by molar-refractivity contribution is -0.0124. The van der Waals surface area contributed by atoms with E-state index < -0.39 is 0 Å². The Kier molecular flexibility index (Phi) is 3.99. The molecular formula is C15H23N3O2. The summed E-state index contributed by atoms with van der Waals surface area (Å²) in [7, 11) is 0. The molecule has 20 heavy (non-hydrogen) atoms. The van der Waals surface area contributed by atoms with Crippen molar-refractivity contribution in [1.82, 2.24) is 9.88 Å². The highest BCUT2D eigenvalue weighted by molar-refractivity contribution is 5.95. The number of rotatable bonds is 1. The predicted octanol–water partition coefficient (Wildman–Crippen LogP) is 1.82. The van der Waals surface area contributed by atoms with Gasteiger partial charge in [0.25, 0.3) is 5.91 Å². The minimum absolute atomic E-state index is 0.000231. The minimum Gasteiger partial charge on any atom is -0.384 e. The highest BCUT2D eigenvalue weighted by Gasteiger charge is 2.24. The summed E-state index contributed by atoms with van der Waals surface area (Å²) in [5, 5.41) is 0. The van der Waals surface area contributed by atoms with Crippen LogP contribution in [0.25, 0.3) is 0 Å². The van der Waals surface area contributed by atoms with Crippen molar-refractivity contribution in [3.63, 3.8) is 0 Å². The molecule has 1 aliphatic rings. The number of hydrogen-bond acceptors (Lipinski definition) is 4. The van der Waals surface area contributed by atoms with Gasteiger partial charge in [-0.3, -0.25) is 4.79 Å². The van der Waals surface area contributed by atoms with Gasteiger partial charge in [0.15, 0.2) is 0 Å². The lowest BCUT2D eigenvalue weighted by atomic mass is 9.90. The van der Waals surface area contributed by atoms with Crippen molar-refractivity contribution >= 4 is 11.7 Å². The summed E-state index contributed by atoms with van der Waals surface area (Å²) in [4.78, 5) is 18.7. The maximum Gasteiger partial charge on any atom is 0.254 e. The fourth-order valence-electron chi connectivity index (χ4n) is 2.25. The lowest BCUT2D eigenvalue weighted by Gasteiger charge is -2.31. The van der Waals surface area contributed by atoms with Crippen LogP contribution in [0.2, 0.25) is 0 Å². The van der Waals surface area contributed by atoms with Gasteiger partial charge < -0.3 is 15.4 Å². The van der Waals surface area contributed by atoms with Crippen LogP contribution in [0.3, 0.4) is 0 Å².